The van der Waals surface area contributed by atoms with Crippen molar-refractivity contribution in [3.8, 4) is 0 Å². The third-order valence-electron chi connectivity index (χ3n) is 4.13. The van der Waals surface area contributed by atoms with Crippen LogP contribution in [0.4, 0.5) is 17.1 Å². The summed E-state index contributed by atoms with van der Waals surface area (Å²) >= 11 is 6.96. The number of benzene rings is 2. The Morgan fingerprint density at radius 3 is 2.52 bits per heavy atom. The first kappa shape index (κ1) is 16.3. The standard InChI is InChI=1S/C17H14Br2N6/c1-8-23-15-9(6-25(8)2)3-13-16(22-7-21-13)17(15)24-10-4-11(18)14(20)12(19)5-10/h3-7,24H,20H2,1-2H3. The van der Waals surface area contributed by atoms with E-state index in [1.807, 2.05) is 42.9 Å². The molecule has 25 heavy (non-hydrogen) atoms. The van der Waals surface area contributed by atoms with E-state index in [4.69, 9.17) is 10.7 Å². The molecule has 0 radical (unpaired) electrons. The number of nitrogens with zero attached hydrogens (tertiary/aromatic N) is 4. The van der Waals surface area contributed by atoms with E-state index in [9.17, 15) is 0 Å². The highest BCUT2D eigenvalue weighted by Gasteiger charge is 2.14. The number of hydrogen-bond acceptors (Lipinski definition) is 5. The zero-order chi connectivity index (χ0) is 17.7. The Bertz CT molecular complexity index is 1110. The molecule has 0 spiro atoms. The molecule has 2 aromatic heterocycles. The van der Waals surface area contributed by atoms with Gasteiger partial charge in [-0.2, -0.15) is 0 Å². The van der Waals surface area contributed by atoms with Crippen LogP contribution in [0.2, 0.25) is 0 Å². The molecule has 0 fully saturated rings. The molecule has 3 N–H and O–H groups in total. The van der Waals surface area contributed by atoms with Crippen molar-refractivity contribution in [2.45, 2.75) is 6.92 Å². The zero-order valence-electron chi connectivity index (χ0n) is 13.5. The quantitative estimate of drug-likeness (QED) is 0.423. The minimum Gasteiger partial charge on any atom is -0.397 e. The number of aryl methyl sites for hydroxylation is 2. The molecule has 2 heterocycles. The first-order chi connectivity index (χ1) is 11.9. The molecule has 6 nitrogen and oxygen atoms in total. The fourth-order valence-electron chi connectivity index (χ4n) is 2.73. The number of halogens is 2. The first-order valence-electron chi connectivity index (χ1n) is 7.53. The summed E-state index contributed by atoms with van der Waals surface area (Å²) < 4.78 is 3.61. The van der Waals surface area contributed by atoms with Gasteiger partial charge in [0.25, 0.3) is 0 Å². The molecule has 126 valence electrons. The van der Waals surface area contributed by atoms with Gasteiger partial charge in [-0.15, -0.1) is 0 Å². The van der Waals surface area contributed by atoms with Crippen molar-refractivity contribution in [1.82, 2.24) is 19.5 Å². The summed E-state index contributed by atoms with van der Waals surface area (Å²) in [4.78, 5) is 13.5. The Morgan fingerprint density at radius 1 is 1.08 bits per heavy atom. The van der Waals surface area contributed by atoms with Crippen molar-refractivity contribution in [3.05, 3.63) is 45.5 Å². The predicted octanol–water partition coefficient (Wildman–Crippen LogP) is 4.68. The van der Waals surface area contributed by atoms with Crippen LogP contribution in [0, 0.1) is 6.92 Å². The van der Waals surface area contributed by atoms with Crippen LogP contribution in [0.5, 0.6) is 0 Å². The molecular formula is C17H14Br2N6. The van der Waals surface area contributed by atoms with Crippen molar-refractivity contribution in [3.63, 3.8) is 0 Å². The van der Waals surface area contributed by atoms with Crippen molar-refractivity contribution >= 4 is 70.9 Å². The number of fused-ring (bicyclic) bond motifs is 2. The van der Waals surface area contributed by atoms with Gasteiger partial charge in [0.1, 0.15) is 17.7 Å². The topological polar surface area (TPSA) is 81.7 Å². The van der Waals surface area contributed by atoms with Gasteiger partial charge in [0.15, 0.2) is 0 Å². The van der Waals surface area contributed by atoms with E-state index in [-0.39, 0.29) is 0 Å². The average Bonchev–Trinajstić information content (AvgIpc) is 3.02. The lowest BCUT2D eigenvalue weighted by Crippen LogP contribution is -2.02. The molecule has 0 aliphatic rings. The van der Waals surface area contributed by atoms with Gasteiger partial charge in [-0.05, 0) is 57.0 Å². The second-order valence-corrected chi connectivity index (χ2v) is 7.52. The van der Waals surface area contributed by atoms with Crippen molar-refractivity contribution < 1.29 is 0 Å². The van der Waals surface area contributed by atoms with Gasteiger partial charge in [-0.3, -0.25) is 0 Å². The third kappa shape index (κ3) is 2.75. The van der Waals surface area contributed by atoms with E-state index in [0.717, 1.165) is 48.1 Å². The van der Waals surface area contributed by atoms with Gasteiger partial charge in [0.2, 0.25) is 0 Å². The van der Waals surface area contributed by atoms with Gasteiger partial charge in [-0.1, -0.05) is 0 Å². The highest BCUT2D eigenvalue weighted by molar-refractivity contribution is 9.11. The molecule has 0 unspecified atom stereocenters. The Balaban J connectivity index is 1.98. The first-order valence-corrected chi connectivity index (χ1v) is 9.11. The molecule has 0 atom stereocenters. The molecule has 4 rings (SSSR count). The minimum absolute atomic E-state index is 0.655. The fourth-order valence-corrected chi connectivity index (χ4v) is 3.91. The van der Waals surface area contributed by atoms with E-state index in [0.29, 0.717) is 5.69 Å². The minimum atomic E-state index is 0.655. The van der Waals surface area contributed by atoms with Crippen molar-refractivity contribution in [2.24, 2.45) is 7.05 Å². The maximum atomic E-state index is 5.99. The van der Waals surface area contributed by atoms with Crippen LogP contribution >= 0.6 is 31.9 Å². The summed E-state index contributed by atoms with van der Waals surface area (Å²) in [5.74, 6) is 0.911. The number of imidazole rings is 1. The Labute approximate surface area is 160 Å². The lowest BCUT2D eigenvalue weighted by atomic mass is 10.1. The summed E-state index contributed by atoms with van der Waals surface area (Å²) in [5.41, 5.74) is 10.8. The smallest absolute Gasteiger partial charge is 0.117 e. The van der Waals surface area contributed by atoms with E-state index in [1.54, 1.807) is 6.33 Å². The summed E-state index contributed by atoms with van der Waals surface area (Å²) in [6.07, 6.45) is 3.61. The number of nitrogens with one attached hydrogen (secondary N) is 1. The second-order valence-electron chi connectivity index (χ2n) is 5.81. The number of nitrogens with two attached hydrogens (primary N) is 1. The third-order valence-corrected chi connectivity index (χ3v) is 5.44. The van der Waals surface area contributed by atoms with Crippen LogP contribution in [0.25, 0.3) is 21.9 Å². The summed E-state index contributed by atoms with van der Waals surface area (Å²) in [6, 6.07) is 5.86. The van der Waals surface area contributed by atoms with Crippen LogP contribution in [0.15, 0.2) is 39.7 Å². The summed E-state index contributed by atoms with van der Waals surface area (Å²) in [5, 5.41) is 4.44. The van der Waals surface area contributed by atoms with Crippen LogP contribution in [-0.4, -0.2) is 19.5 Å². The van der Waals surface area contributed by atoms with E-state index in [2.05, 4.69) is 47.1 Å². The Kier molecular flexibility index (Phi) is 3.88. The van der Waals surface area contributed by atoms with E-state index < -0.39 is 0 Å². The van der Waals surface area contributed by atoms with Crippen LogP contribution < -0.4 is 11.1 Å². The zero-order valence-corrected chi connectivity index (χ0v) is 16.7. The molecule has 0 amide bonds. The lowest BCUT2D eigenvalue weighted by molar-refractivity contribution is 0.824. The highest BCUT2D eigenvalue weighted by Crippen LogP contribution is 2.36. The largest absolute Gasteiger partial charge is 0.397 e. The number of anilines is 3. The molecule has 4 aromatic rings. The molecule has 2 aromatic carbocycles. The maximum Gasteiger partial charge on any atom is 0.117 e. The van der Waals surface area contributed by atoms with Gasteiger partial charge < -0.3 is 15.6 Å². The molecular weight excluding hydrogens is 448 g/mol. The Morgan fingerprint density at radius 2 is 1.80 bits per heavy atom. The monoisotopic (exact) mass is 460 g/mol. The number of rotatable bonds is 2. The van der Waals surface area contributed by atoms with Gasteiger partial charge in [0, 0.05) is 33.3 Å². The molecule has 0 saturated carbocycles. The molecule has 8 heteroatoms. The van der Waals surface area contributed by atoms with Crippen molar-refractivity contribution in [2.75, 3.05) is 11.1 Å². The van der Waals surface area contributed by atoms with Crippen LogP contribution in [0.3, 0.4) is 0 Å². The van der Waals surface area contributed by atoms with Gasteiger partial charge in [0.05, 0.1) is 22.4 Å². The van der Waals surface area contributed by atoms with Crippen LogP contribution in [0.1, 0.15) is 5.82 Å². The van der Waals surface area contributed by atoms with Gasteiger partial charge >= 0.3 is 0 Å². The van der Waals surface area contributed by atoms with Crippen LogP contribution in [-0.2, 0) is 7.05 Å². The normalized spacial score (nSPS) is 11.4. The second kappa shape index (κ2) is 5.96. The van der Waals surface area contributed by atoms with E-state index >= 15 is 0 Å². The predicted molar refractivity (Wildman–Crippen MR) is 108 cm³/mol. The maximum absolute atomic E-state index is 5.99. The number of nitrogen functional groups attached to an aromatic ring is 1. The average molecular weight is 462 g/mol. The SMILES string of the molecule is Cc1nc2c(Nc3cc(Br)c(N)c(Br)c3)c3ncnc3cc2cn1C. The number of hydrogen-bond donors (Lipinski definition) is 2. The molecule has 0 saturated heterocycles. The van der Waals surface area contributed by atoms with Gasteiger partial charge in [-0.25, -0.2) is 15.0 Å². The molecule has 0 aliphatic heterocycles. The summed E-state index contributed by atoms with van der Waals surface area (Å²) in [6.45, 7) is 1.97. The molecule has 0 bridgehead atoms. The van der Waals surface area contributed by atoms with Crippen molar-refractivity contribution in [1.29, 1.82) is 0 Å². The fraction of sp³-hybridized carbons (Fsp3) is 0.118. The number of aromatic nitrogens is 4. The lowest BCUT2D eigenvalue weighted by Gasteiger charge is -2.14. The van der Waals surface area contributed by atoms with E-state index in [1.165, 1.54) is 0 Å². The molecule has 0 aliphatic carbocycles. The Hall–Kier alpha value is -2.19. The highest BCUT2D eigenvalue weighted by atomic mass is 79.9. The summed E-state index contributed by atoms with van der Waals surface area (Å²) in [7, 11) is 1.98.